The number of amides is 1. The fraction of sp³-hybridized carbons (Fsp3) is 0.0952. The van der Waals surface area contributed by atoms with Gasteiger partial charge in [0.25, 0.3) is 5.91 Å². The monoisotopic (exact) mass is 467 g/mol. The fourth-order valence-electron chi connectivity index (χ4n) is 3.13. The summed E-state index contributed by atoms with van der Waals surface area (Å²) in [6, 6.07) is 16.3. The van der Waals surface area contributed by atoms with E-state index in [4.69, 9.17) is 0 Å². The summed E-state index contributed by atoms with van der Waals surface area (Å²) in [7, 11) is 0. The van der Waals surface area contributed by atoms with Gasteiger partial charge in [-0.1, -0.05) is 46.3 Å². The summed E-state index contributed by atoms with van der Waals surface area (Å²) < 4.78 is 0.946. The van der Waals surface area contributed by atoms with E-state index < -0.39 is 12.1 Å². The van der Waals surface area contributed by atoms with Crippen LogP contribution < -0.4 is 0 Å². The summed E-state index contributed by atoms with van der Waals surface area (Å²) in [6.45, 7) is -0.287. The predicted octanol–water partition coefficient (Wildman–Crippen LogP) is 4.51. The maximum atomic E-state index is 12.5. The lowest BCUT2D eigenvalue weighted by molar-refractivity contribution is 0.0179. The van der Waals surface area contributed by atoms with Crippen LogP contribution in [0.1, 0.15) is 27.2 Å². The molecular weight excluding hydrogens is 454 g/mol. The highest BCUT2D eigenvalue weighted by Gasteiger charge is 2.36. The average molecular weight is 468 g/mol. The number of carbonyl (C=O) groups excluding carboxylic acids is 1. The molecule has 0 fully saturated rings. The fourth-order valence-corrected chi connectivity index (χ4v) is 4.24. The lowest BCUT2D eigenvalue weighted by atomic mass is 10.1. The Hall–Kier alpha value is -2.99. The Balaban J connectivity index is 1.61. The molecule has 1 aromatic heterocycles. The maximum absolute atomic E-state index is 12.5. The van der Waals surface area contributed by atoms with Gasteiger partial charge in [0.1, 0.15) is 22.4 Å². The quantitative estimate of drug-likeness (QED) is 0.434. The summed E-state index contributed by atoms with van der Waals surface area (Å²) >= 11 is 4.61. The van der Waals surface area contributed by atoms with Crippen molar-refractivity contribution in [3.63, 3.8) is 0 Å². The van der Waals surface area contributed by atoms with Gasteiger partial charge in [0.15, 0.2) is 6.23 Å². The number of rotatable bonds is 4. The van der Waals surface area contributed by atoms with Crippen molar-refractivity contribution >= 4 is 38.7 Å². The average Bonchev–Trinajstić information content (AvgIpc) is 3.29. The van der Waals surface area contributed by atoms with Crippen molar-refractivity contribution in [3.05, 3.63) is 80.3 Å². The first-order valence-electron chi connectivity index (χ1n) is 8.61. The summed E-state index contributed by atoms with van der Waals surface area (Å²) in [4.78, 5) is 18.1. The molecule has 3 aromatic rings. The second-order valence-corrected chi connectivity index (χ2v) is 8.15. The third kappa shape index (κ3) is 3.56. The van der Waals surface area contributed by atoms with E-state index in [9.17, 15) is 20.3 Å². The third-order valence-electron chi connectivity index (χ3n) is 4.60. The van der Waals surface area contributed by atoms with Crippen LogP contribution >= 0.6 is 27.3 Å². The lowest BCUT2D eigenvalue weighted by Crippen LogP contribution is -2.30. The molecule has 0 saturated carbocycles. The van der Waals surface area contributed by atoms with Crippen molar-refractivity contribution in [2.75, 3.05) is 6.54 Å². The minimum atomic E-state index is -1.17. The van der Waals surface area contributed by atoms with Crippen molar-refractivity contribution in [2.45, 2.75) is 6.23 Å². The number of hydrogen-bond acceptors (Lipinski definition) is 6. The first kappa shape index (κ1) is 19.3. The first-order valence-corrected chi connectivity index (χ1v) is 10.3. The summed E-state index contributed by atoms with van der Waals surface area (Å²) in [5.41, 5.74) is 2.42. The van der Waals surface area contributed by atoms with E-state index in [0.29, 0.717) is 21.8 Å². The van der Waals surface area contributed by atoms with E-state index >= 15 is 0 Å². The van der Waals surface area contributed by atoms with Crippen LogP contribution in [0.3, 0.4) is 0 Å². The van der Waals surface area contributed by atoms with Gasteiger partial charge < -0.3 is 15.1 Å². The number of allylic oxidation sites excluding steroid dienone is 1. The van der Waals surface area contributed by atoms with E-state index in [1.807, 2.05) is 30.3 Å². The lowest BCUT2D eigenvalue weighted by Gasteiger charge is -2.20. The maximum Gasteiger partial charge on any atom is 0.257 e. The molecule has 0 aliphatic carbocycles. The summed E-state index contributed by atoms with van der Waals surface area (Å²) in [5, 5.41) is 32.7. The van der Waals surface area contributed by atoms with Gasteiger partial charge >= 0.3 is 0 Å². The number of benzene rings is 2. The van der Waals surface area contributed by atoms with Crippen LogP contribution in [-0.2, 0) is 0 Å². The molecule has 2 N–H and O–H groups in total. The van der Waals surface area contributed by atoms with Crippen LogP contribution in [0.5, 0.6) is 0 Å². The van der Waals surface area contributed by atoms with Gasteiger partial charge in [-0.2, -0.15) is 5.26 Å². The second-order valence-electron chi connectivity index (χ2n) is 6.37. The number of hydrogen-bond donors (Lipinski definition) is 2. The van der Waals surface area contributed by atoms with Crippen molar-refractivity contribution in [1.29, 1.82) is 5.26 Å². The van der Waals surface area contributed by atoms with Crippen LogP contribution in [0.25, 0.3) is 16.8 Å². The number of aromatic nitrogens is 1. The van der Waals surface area contributed by atoms with Crippen molar-refractivity contribution < 1.29 is 15.0 Å². The van der Waals surface area contributed by atoms with E-state index in [-0.39, 0.29) is 17.9 Å². The Morgan fingerprint density at radius 2 is 1.97 bits per heavy atom. The molecule has 4 rings (SSSR count). The van der Waals surface area contributed by atoms with Gasteiger partial charge in [0.2, 0.25) is 0 Å². The van der Waals surface area contributed by atoms with Gasteiger partial charge in [-0.3, -0.25) is 4.79 Å². The SMILES string of the molecule is N#CC(=C(O)CN1C(=O)c2ccccc2C1O)c1nc(-c2ccc(Br)cc2)cs1. The van der Waals surface area contributed by atoms with Gasteiger partial charge in [-0.15, -0.1) is 11.3 Å². The molecule has 2 aromatic carbocycles. The molecule has 29 heavy (non-hydrogen) atoms. The Kier molecular flexibility index (Phi) is 5.20. The molecule has 2 heterocycles. The minimum Gasteiger partial charge on any atom is -0.509 e. The van der Waals surface area contributed by atoms with Gasteiger partial charge in [0, 0.05) is 26.5 Å². The normalized spacial score (nSPS) is 16.4. The topological polar surface area (TPSA) is 97.5 Å². The van der Waals surface area contributed by atoms with Gasteiger partial charge in [0.05, 0.1) is 12.2 Å². The van der Waals surface area contributed by atoms with Crippen LogP contribution in [-0.4, -0.2) is 32.5 Å². The third-order valence-corrected chi connectivity index (χ3v) is 5.99. The predicted molar refractivity (Wildman–Crippen MR) is 113 cm³/mol. The highest BCUT2D eigenvalue weighted by Crippen LogP contribution is 2.33. The van der Waals surface area contributed by atoms with Crippen molar-refractivity contribution in [3.8, 4) is 17.3 Å². The first-order chi connectivity index (χ1) is 14.0. The molecule has 6 nitrogen and oxygen atoms in total. The van der Waals surface area contributed by atoms with Crippen molar-refractivity contribution in [2.24, 2.45) is 0 Å². The second kappa shape index (κ2) is 7.79. The van der Waals surface area contributed by atoms with Crippen LogP contribution in [0.2, 0.25) is 0 Å². The number of carbonyl (C=O) groups is 1. The highest BCUT2D eigenvalue weighted by atomic mass is 79.9. The molecule has 1 atom stereocenters. The summed E-state index contributed by atoms with van der Waals surface area (Å²) in [6.07, 6.45) is -1.17. The molecule has 1 aliphatic heterocycles. The largest absolute Gasteiger partial charge is 0.509 e. The Morgan fingerprint density at radius 3 is 2.66 bits per heavy atom. The van der Waals surface area contributed by atoms with E-state index in [1.165, 1.54) is 11.3 Å². The van der Waals surface area contributed by atoms with Gasteiger partial charge in [-0.25, -0.2) is 4.98 Å². The molecule has 0 spiro atoms. The summed E-state index contributed by atoms with van der Waals surface area (Å²) in [5.74, 6) is -0.712. The Labute approximate surface area is 179 Å². The highest BCUT2D eigenvalue weighted by molar-refractivity contribution is 9.10. The molecule has 1 amide bonds. The molecular formula is C21H14BrN3O3S. The molecule has 1 unspecified atom stereocenters. The molecule has 0 bridgehead atoms. The minimum absolute atomic E-state index is 0.0192. The number of thiazole rings is 1. The number of fused-ring (bicyclic) bond motifs is 1. The van der Waals surface area contributed by atoms with E-state index in [2.05, 4.69) is 20.9 Å². The van der Waals surface area contributed by atoms with E-state index in [0.717, 1.165) is 14.9 Å². The number of aliphatic hydroxyl groups excluding tert-OH is 2. The number of nitrogens with zero attached hydrogens (tertiary/aromatic N) is 3. The van der Waals surface area contributed by atoms with Crippen LogP contribution in [0.15, 0.2) is 64.1 Å². The molecule has 1 aliphatic rings. The molecule has 8 heteroatoms. The number of nitriles is 1. The smallest absolute Gasteiger partial charge is 0.257 e. The zero-order valence-corrected chi connectivity index (χ0v) is 17.3. The van der Waals surface area contributed by atoms with E-state index in [1.54, 1.807) is 29.6 Å². The molecule has 0 saturated heterocycles. The van der Waals surface area contributed by atoms with Crippen LogP contribution in [0.4, 0.5) is 0 Å². The zero-order chi connectivity index (χ0) is 20.5. The number of halogens is 1. The Bertz CT molecular complexity index is 1160. The Morgan fingerprint density at radius 1 is 1.24 bits per heavy atom. The van der Waals surface area contributed by atoms with Crippen molar-refractivity contribution in [1.82, 2.24) is 9.88 Å². The number of aliphatic hydroxyl groups is 2. The van der Waals surface area contributed by atoms with Crippen LogP contribution in [0, 0.1) is 11.3 Å². The van der Waals surface area contributed by atoms with Gasteiger partial charge in [-0.05, 0) is 18.2 Å². The molecule has 144 valence electrons. The zero-order valence-electron chi connectivity index (χ0n) is 14.9. The standard InChI is InChI=1S/C21H14BrN3O3S/c22-13-7-5-12(6-8-13)17-11-29-19(24-17)16(9-23)18(26)10-25-20(27)14-3-1-2-4-15(14)21(25)28/h1-8,11,20,26-27H,10H2. The molecule has 0 radical (unpaired) electrons.